The molecule has 1 saturated heterocycles. The molecule has 178 valence electrons. The summed E-state index contributed by atoms with van der Waals surface area (Å²) in [5.74, 6) is 0.677. The summed E-state index contributed by atoms with van der Waals surface area (Å²) < 4.78 is 2.17. The number of phenolic OH excluding ortho intramolecular Hbond substituents is 2. The summed E-state index contributed by atoms with van der Waals surface area (Å²) in [5, 5.41) is 38.4. The Balaban J connectivity index is 1.97. The van der Waals surface area contributed by atoms with Crippen molar-refractivity contribution in [2.75, 3.05) is 18.1 Å². The van der Waals surface area contributed by atoms with E-state index in [1.165, 1.54) is 12.1 Å². The Morgan fingerprint density at radius 3 is 2.52 bits per heavy atom. The number of H-pyrrole nitrogens is 1. The molecule has 3 heterocycles. The van der Waals surface area contributed by atoms with Crippen LogP contribution in [0.15, 0.2) is 17.1 Å². The Morgan fingerprint density at radius 1 is 1.21 bits per heavy atom. The number of aromatic nitrogens is 4. The molecule has 0 bridgehead atoms. The van der Waals surface area contributed by atoms with Crippen LogP contribution in [-0.4, -0.2) is 54.3 Å². The first-order chi connectivity index (χ1) is 15.7. The van der Waals surface area contributed by atoms with Gasteiger partial charge in [-0.05, 0) is 44.7 Å². The lowest BCUT2D eigenvalue weighted by molar-refractivity contribution is 0.265. The second kappa shape index (κ2) is 9.23. The molecule has 4 rings (SSSR count). The number of aliphatic hydroxyl groups excluding tert-OH is 1. The summed E-state index contributed by atoms with van der Waals surface area (Å²) in [6.45, 7) is 9.27. The predicted octanol–water partition coefficient (Wildman–Crippen LogP) is 3.59. The molecule has 2 aromatic heterocycles. The monoisotopic (exact) mass is 474 g/mol. The van der Waals surface area contributed by atoms with E-state index < -0.39 is 0 Å². The van der Waals surface area contributed by atoms with Crippen molar-refractivity contribution in [3.05, 3.63) is 33.9 Å². The van der Waals surface area contributed by atoms with Gasteiger partial charge in [-0.25, -0.2) is 0 Å². The summed E-state index contributed by atoms with van der Waals surface area (Å²) in [5.41, 5.74) is 3.22. The first-order valence-electron chi connectivity index (χ1n) is 11.3. The van der Waals surface area contributed by atoms with Crippen molar-refractivity contribution >= 4 is 28.6 Å². The molecule has 9 nitrogen and oxygen atoms in total. The largest absolute Gasteiger partial charge is 0.507 e. The third-order valence-electron chi connectivity index (χ3n) is 6.13. The second-order valence-electron chi connectivity index (χ2n) is 9.10. The summed E-state index contributed by atoms with van der Waals surface area (Å²) in [6, 6.07) is 2.84. The number of phenols is 2. The Morgan fingerprint density at radius 2 is 1.91 bits per heavy atom. The maximum Gasteiger partial charge on any atom is 0.208 e. The van der Waals surface area contributed by atoms with Gasteiger partial charge in [-0.3, -0.25) is 10.1 Å². The van der Waals surface area contributed by atoms with Crippen molar-refractivity contribution in [3.63, 3.8) is 0 Å². The van der Waals surface area contributed by atoms with E-state index in [2.05, 4.69) is 52.4 Å². The zero-order chi connectivity index (χ0) is 23.9. The van der Waals surface area contributed by atoms with Gasteiger partial charge in [0, 0.05) is 17.6 Å². The molecule has 33 heavy (non-hydrogen) atoms. The Bertz CT molecular complexity index is 1210. The van der Waals surface area contributed by atoms with E-state index in [-0.39, 0.29) is 53.2 Å². The minimum atomic E-state index is -0.127. The number of nitrogens with zero attached hydrogens (tertiary/aromatic N) is 5. The lowest BCUT2D eigenvalue weighted by Crippen LogP contribution is -2.37. The molecule has 0 amide bonds. The van der Waals surface area contributed by atoms with Gasteiger partial charge in [0.25, 0.3) is 0 Å². The molecule has 1 aromatic carbocycles. The summed E-state index contributed by atoms with van der Waals surface area (Å²) >= 11 is 5.91. The van der Waals surface area contributed by atoms with Crippen LogP contribution >= 0.6 is 11.6 Å². The van der Waals surface area contributed by atoms with Crippen LogP contribution in [0.1, 0.15) is 63.8 Å². The number of hydrogen-bond donors (Lipinski definition) is 4. The number of nitrogens with one attached hydrogen (secondary N) is 1. The van der Waals surface area contributed by atoms with Gasteiger partial charge >= 0.3 is 0 Å². The highest BCUT2D eigenvalue weighted by Crippen LogP contribution is 2.33. The predicted molar refractivity (Wildman–Crippen MR) is 128 cm³/mol. The highest BCUT2D eigenvalue weighted by molar-refractivity contribution is 6.30. The third-order valence-corrected chi connectivity index (χ3v) is 6.35. The minimum Gasteiger partial charge on any atom is -0.507 e. The SMILES string of the molecule is CC(C)c1[nH]nc2c(=NCc3c(O)cc(Cl)cc3O)nc(N3CCCC3CO)n(C(C)C)c12. The molecule has 1 fully saturated rings. The number of aromatic amines is 1. The topological polar surface area (TPSA) is 123 Å². The smallest absolute Gasteiger partial charge is 0.208 e. The summed E-state index contributed by atoms with van der Waals surface area (Å²) in [6.07, 6.45) is 1.88. The molecule has 1 aliphatic rings. The van der Waals surface area contributed by atoms with Crippen LogP contribution in [-0.2, 0) is 6.54 Å². The minimum absolute atomic E-state index is 0.00782. The molecule has 1 unspecified atom stereocenters. The fourth-order valence-electron chi connectivity index (χ4n) is 4.47. The van der Waals surface area contributed by atoms with Crippen LogP contribution < -0.4 is 10.4 Å². The number of halogens is 1. The van der Waals surface area contributed by atoms with E-state index in [4.69, 9.17) is 16.6 Å². The van der Waals surface area contributed by atoms with Crippen molar-refractivity contribution in [1.82, 2.24) is 19.7 Å². The van der Waals surface area contributed by atoms with E-state index in [0.717, 1.165) is 36.5 Å². The van der Waals surface area contributed by atoms with Crippen LogP contribution in [0.4, 0.5) is 5.95 Å². The van der Waals surface area contributed by atoms with Crippen LogP contribution in [0.3, 0.4) is 0 Å². The normalized spacial score (nSPS) is 17.3. The van der Waals surface area contributed by atoms with Crippen molar-refractivity contribution in [1.29, 1.82) is 0 Å². The fraction of sp³-hybridized carbons (Fsp3) is 0.522. The third kappa shape index (κ3) is 4.27. The maximum atomic E-state index is 10.3. The Labute approximate surface area is 197 Å². The van der Waals surface area contributed by atoms with E-state index in [1.807, 2.05) is 0 Å². The quantitative estimate of drug-likeness (QED) is 0.433. The van der Waals surface area contributed by atoms with Gasteiger partial charge in [0.1, 0.15) is 11.5 Å². The lowest BCUT2D eigenvalue weighted by Gasteiger charge is -2.29. The number of aliphatic hydroxyl groups is 1. The molecule has 1 aliphatic heterocycles. The fourth-order valence-corrected chi connectivity index (χ4v) is 4.68. The standard InChI is InChI=1S/C23H31ClN6O3/c1-12(2)19-21-20(28-27-19)22(25-10-16-17(32)8-14(24)9-18(16)33)26-23(30(21)13(3)4)29-7-5-6-15(29)11-31/h8-9,12-13,15,31-33H,5-7,10-11H2,1-4H3,(H,27,28). The molecule has 0 spiro atoms. The van der Waals surface area contributed by atoms with Crippen molar-refractivity contribution in [3.8, 4) is 11.5 Å². The van der Waals surface area contributed by atoms with Gasteiger partial charge in [-0.1, -0.05) is 25.4 Å². The number of aromatic hydroxyl groups is 2. The Kier molecular flexibility index (Phi) is 6.54. The number of fused-ring (bicyclic) bond motifs is 1. The average molecular weight is 475 g/mol. The number of anilines is 1. The number of rotatable bonds is 6. The molecule has 1 atom stereocenters. The highest BCUT2D eigenvalue weighted by Gasteiger charge is 2.30. The molecule has 4 N–H and O–H groups in total. The first-order valence-corrected chi connectivity index (χ1v) is 11.7. The molecule has 3 aromatic rings. The summed E-state index contributed by atoms with van der Waals surface area (Å²) in [4.78, 5) is 11.7. The van der Waals surface area contributed by atoms with Crippen molar-refractivity contribution in [2.24, 2.45) is 4.99 Å². The second-order valence-corrected chi connectivity index (χ2v) is 9.54. The zero-order valence-corrected chi connectivity index (χ0v) is 20.1. The summed E-state index contributed by atoms with van der Waals surface area (Å²) in [7, 11) is 0. The van der Waals surface area contributed by atoms with Gasteiger partial charge < -0.3 is 24.8 Å². The van der Waals surface area contributed by atoms with Crippen LogP contribution in [0.25, 0.3) is 11.0 Å². The molecule has 0 saturated carbocycles. The molecule has 0 radical (unpaired) electrons. The van der Waals surface area contributed by atoms with E-state index >= 15 is 0 Å². The average Bonchev–Trinajstić information content (AvgIpc) is 3.39. The molecule has 10 heteroatoms. The van der Waals surface area contributed by atoms with Gasteiger partial charge in [0.15, 0.2) is 11.0 Å². The van der Waals surface area contributed by atoms with E-state index in [1.54, 1.807) is 0 Å². The van der Waals surface area contributed by atoms with Crippen LogP contribution in [0.5, 0.6) is 11.5 Å². The van der Waals surface area contributed by atoms with Crippen LogP contribution in [0, 0.1) is 0 Å². The first kappa shape index (κ1) is 23.4. The lowest BCUT2D eigenvalue weighted by atomic mass is 10.1. The molecular weight excluding hydrogens is 444 g/mol. The zero-order valence-electron chi connectivity index (χ0n) is 19.4. The van der Waals surface area contributed by atoms with E-state index in [0.29, 0.717) is 11.0 Å². The van der Waals surface area contributed by atoms with Gasteiger partial charge in [-0.2, -0.15) is 10.1 Å². The maximum absolute atomic E-state index is 10.3. The highest BCUT2D eigenvalue weighted by atomic mass is 35.5. The van der Waals surface area contributed by atoms with Gasteiger partial charge in [0.2, 0.25) is 5.95 Å². The molecule has 0 aliphatic carbocycles. The number of hydrogen-bond acceptors (Lipinski definition) is 7. The Hall–Kier alpha value is -2.78. The van der Waals surface area contributed by atoms with Gasteiger partial charge in [0.05, 0.1) is 36.0 Å². The van der Waals surface area contributed by atoms with Crippen molar-refractivity contribution in [2.45, 2.75) is 65.1 Å². The van der Waals surface area contributed by atoms with Crippen molar-refractivity contribution < 1.29 is 15.3 Å². The van der Waals surface area contributed by atoms with Gasteiger partial charge in [-0.15, -0.1) is 0 Å². The number of benzene rings is 1. The molecular formula is C23H31ClN6O3. The van der Waals surface area contributed by atoms with Crippen LogP contribution in [0.2, 0.25) is 5.02 Å². The van der Waals surface area contributed by atoms with E-state index in [9.17, 15) is 15.3 Å².